The van der Waals surface area contributed by atoms with Crippen LogP contribution in [-0.4, -0.2) is 51.3 Å². The molecule has 2 aromatic rings. The number of halogens is 1. The monoisotopic (exact) mass is 418 g/mol. The molecule has 1 aromatic carbocycles. The molecule has 0 spiro atoms. The fraction of sp³-hybridized carbons (Fsp3) is 0.381. The minimum atomic E-state index is -1.10. The van der Waals surface area contributed by atoms with Gasteiger partial charge in [0, 0.05) is 24.1 Å². The van der Waals surface area contributed by atoms with Gasteiger partial charge in [0.1, 0.15) is 28.6 Å². The second-order valence-electron chi connectivity index (χ2n) is 7.84. The van der Waals surface area contributed by atoms with Crippen LogP contribution < -0.4 is 4.74 Å². The van der Waals surface area contributed by atoms with Crippen LogP contribution in [0.4, 0.5) is 4.79 Å². The van der Waals surface area contributed by atoms with Crippen molar-refractivity contribution in [3.63, 3.8) is 0 Å². The summed E-state index contributed by atoms with van der Waals surface area (Å²) in [5.74, 6) is -0.635. The lowest BCUT2D eigenvalue weighted by Crippen LogP contribution is -2.43. The zero-order chi connectivity index (χ0) is 21.2. The van der Waals surface area contributed by atoms with E-state index in [-0.39, 0.29) is 18.1 Å². The lowest BCUT2D eigenvalue weighted by Gasteiger charge is -2.26. The Morgan fingerprint density at radius 1 is 1.21 bits per heavy atom. The van der Waals surface area contributed by atoms with E-state index in [1.165, 1.54) is 4.90 Å². The molecular weight excluding hydrogens is 396 g/mol. The summed E-state index contributed by atoms with van der Waals surface area (Å²) in [6.45, 7) is 5.30. The number of nitrogens with zero attached hydrogens (tertiary/aromatic N) is 2. The van der Waals surface area contributed by atoms with E-state index in [1.54, 1.807) is 32.9 Å². The molecule has 2 atom stereocenters. The van der Waals surface area contributed by atoms with Crippen molar-refractivity contribution in [2.45, 2.75) is 44.9 Å². The first-order chi connectivity index (χ1) is 13.6. The molecule has 7 nitrogen and oxygen atoms in total. The number of amides is 1. The average Bonchev–Trinajstić information content (AvgIpc) is 3.05. The second-order valence-corrected chi connectivity index (χ2v) is 8.23. The third-order valence-corrected chi connectivity index (χ3v) is 4.51. The molecular formula is C21H23ClN2O5. The Morgan fingerprint density at radius 2 is 1.90 bits per heavy atom. The highest BCUT2D eigenvalue weighted by Crippen LogP contribution is 2.29. The molecule has 0 saturated carbocycles. The fourth-order valence-electron chi connectivity index (χ4n) is 3.13. The van der Waals surface area contributed by atoms with Crippen LogP contribution in [0.25, 0.3) is 11.3 Å². The molecule has 3 rings (SSSR count). The van der Waals surface area contributed by atoms with E-state index in [0.29, 0.717) is 11.4 Å². The van der Waals surface area contributed by atoms with Gasteiger partial charge < -0.3 is 14.6 Å². The van der Waals surface area contributed by atoms with Crippen molar-refractivity contribution in [3.8, 4) is 17.0 Å². The van der Waals surface area contributed by atoms with E-state index in [9.17, 15) is 14.7 Å². The Kier molecular flexibility index (Phi) is 5.98. The van der Waals surface area contributed by atoms with Gasteiger partial charge in [0.15, 0.2) is 0 Å². The van der Waals surface area contributed by atoms with Gasteiger partial charge in [-0.25, -0.2) is 14.6 Å². The van der Waals surface area contributed by atoms with Crippen LogP contribution in [-0.2, 0) is 9.53 Å². The lowest BCUT2D eigenvalue weighted by molar-refractivity contribution is -0.142. The minimum Gasteiger partial charge on any atom is -0.488 e. The van der Waals surface area contributed by atoms with Crippen molar-refractivity contribution in [2.24, 2.45) is 0 Å². The van der Waals surface area contributed by atoms with Gasteiger partial charge in [0.2, 0.25) is 0 Å². The summed E-state index contributed by atoms with van der Waals surface area (Å²) in [5, 5.41) is 9.78. The van der Waals surface area contributed by atoms with Crippen molar-refractivity contribution in [1.82, 2.24) is 9.88 Å². The Hall–Kier alpha value is -2.80. The number of pyridine rings is 1. The zero-order valence-electron chi connectivity index (χ0n) is 16.5. The number of aliphatic carboxylic acids is 1. The summed E-state index contributed by atoms with van der Waals surface area (Å²) < 4.78 is 11.3. The molecule has 8 heteroatoms. The number of carboxylic acids is 1. The number of rotatable bonds is 4. The van der Waals surface area contributed by atoms with Crippen LogP contribution in [0.5, 0.6) is 5.75 Å². The average molecular weight is 419 g/mol. The molecule has 0 radical (unpaired) electrons. The number of aromatic nitrogens is 1. The smallest absolute Gasteiger partial charge is 0.411 e. The number of ether oxygens (including phenoxy) is 2. The summed E-state index contributed by atoms with van der Waals surface area (Å²) >= 11 is 6.15. The third kappa shape index (κ3) is 5.38. The number of carboxylic acid groups (broad SMARTS) is 1. The Morgan fingerprint density at radius 3 is 2.52 bits per heavy atom. The highest BCUT2D eigenvalue weighted by Gasteiger charge is 2.42. The molecule has 2 unspecified atom stereocenters. The van der Waals surface area contributed by atoms with Crippen LogP contribution in [0.3, 0.4) is 0 Å². The number of benzene rings is 1. The first-order valence-corrected chi connectivity index (χ1v) is 9.62. The van der Waals surface area contributed by atoms with Crippen molar-refractivity contribution < 1.29 is 24.2 Å². The van der Waals surface area contributed by atoms with Crippen molar-refractivity contribution >= 4 is 23.7 Å². The van der Waals surface area contributed by atoms with Gasteiger partial charge in [0.05, 0.1) is 12.2 Å². The maximum Gasteiger partial charge on any atom is 0.411 e. The SMILES string of the molecule is CC(C)(C)OC(=O)N1CC(Oc2cc(Cl)nc(-c3ccccc3)c2)CC1C(=O)O. The van der Waals surface area contributed by atoms with Gasteiger partial charge in [0.25, 0.3) is 0 Å². The standard InChI is InChI=1S/C21H23ClN2O5/c1-21(2,3)29-20(27)24-12-15(10-17(24)19(25)26)28-14-9-16(23-18(22)11-14)13-7-5-4-6-8-13/h4-9,11,15,17H,10,12H2,1-3H3,(H,25,26). The molecule has 29 heavy (non-hydrogen) atoms. The first-order valence-electron chi connectivity index (χ1n) is 9.24. The third-order valence-electron chi connectivity index (χ3n) is 4.32. The predicted molar refractivity (Wildman–Crippen MR) is 108 cm³/mol. The van der Waals surface area contributed by atoms with Crippen molar-refractivity contribution in [1.29, 1.82) is 0 Å². The Balaban J connectivity index is 1.78. The van der Waals surface area contributed by atoms with E-state index < -0.39 is 29.8 Å². The molecule has 0 aliphatic carbocycles. The fourth-order valence-corrected chi connectivity index (χ4v) is 3.33. The van der Waals surface area contributed by atoms with Crippen molar-refractivity contribution in [2.75, 3.05) is 6.54 Å². The molecule has 1 amide bonds. The maximum atomic E-state index is 12.4. The number of hydrogen-bond donors (Lipinski definition) is 1. The molecule has 2 heterocycles. The van der Waals surface area contributed by atoms with Crippen LogP contribution in [0.2, 0.25) is 5.15 Å². The van der Waals surface area contributed by atoms with Crippen molar-refractivity contribution in [3.05, 3.63) is 47.6 Å². The number of carbonyl (C=O) groups is 2. The molecule has 1 aliphatic heterocycles. The summed E-state index contributed by atoms with van der Waals surface area (Å²) in [7, 11) is 0. The van der Waals surface area contributed by atoms with E-state index in [0.717, 1.165) is 5.56 Å². The van der Waals surface area contributed by atoms with E-state index in [1.807, 2.05) is 30.3 Å². The van der Waals surface area contributed by atoms with Gasteiger partial charge in [-0.1, -0.05) is 41.9 Å². The molecule has 1 aliphatic rings. The largest absolute Gasteiger partial charge is 0.488 e. The van der Waals surface area contributed by atoms with Crippen LogP contribution in [0.15, 0.2) is 42.5 Å². The molecule has 1 N–H and O–H groups in total. The summed E-state index contributed by atoms with van der Waals surface area (Å²) in [5.41, 5.74) is 0.803. The highest BCUT2D eigenvalue weighted by molar-refractivity contribution is 6.29. The van der Waals surface area contributed by atoms with Crippen LogP contribution in [0.1, 0.15) is 27.2 Å². The van der Waals surface area contributed by atoms with E-state index in [4.69, 9.17) is 21.1 Å². The van der Waals surface area contributed by atoms with E-state index in [2.05, 4.69) is 4.98 Å². The molecule has 0 bridgehead atoms. The molecule has 154 valence electrons. The van der Waals surface area contributed by atoms with Gasteiger partial charge in [-0.3, -0.25) is 4.90 Å². The molecule has 1 aromatic heterocycles. The maximum absolute atomic E-state index is 12.4. The number of hydrogen-bond acceptors (Lipinski definition) is 5. The number of carbonyl (C=O) groups excluding carboxylic acids is 1. The lowest BCUT2D eigenvalue weighted by atomic mass is 10.1. The summed E-state index contributed by atoms with van der Waals surface area (Å²) in [4.78, 5) is 29.6. The topological polar surface area (TPSA) is 89.0 Å². The highest BCUT2D eigenvalue weighted by atomic mass is 35.5. The molecule has 1 fully saturated rings. The zero-order valence-corrected chi connectivity index (χ0v) is 17.2. The normalized spacial score (nSPS) is 19.1. The molecule has 1 saturated heterocycles. The minimum absolute atomic E-state index is 0.104. The first kappa shape index (κ1) is 20.9. The van der Waals surface area contributed by atoms with E-state index >= 15 is 0 Å². The Bertz CT molecular complexity index is 898. The van der Waals surface area contributed by atoms with Gasteiger partial charge >= 0.3 is 12.1 Å². The van der Waals surface area contributed by atoms with Crippen LogP contribution >= 0.6 is 11.6 Å². The van der Waals surface area contributed by atoms with Gasteiger partial charge in [-0.2, -0.15) is 0 Å². The summed E-state index contributed by atoms with van der Waals surface area (Å²) in [6.07, 6.45) is -1.03. The summed E-state index contributed by atoms with van der Waals surface area (Å²) in [6, 6.07) is 11.8. The van der Waals surface area contributed by atoms with Gasteiger partial charge in [-0.05, 0) is 20.8 Å². The van der Waals surface area contributed by atoms with Crippen LogP contribution in [0, 0.1) is 0 Å². The predicted octanol–water partition coefficient (Wildman–Crippen LogP) is 4.24. The quantitative estimate of drug-likeness (QED) is 0.747. The van der Waals surface area contributed by atoms with Gasteiger partial charge in [-0.15, -0.1) is 0 Å². The second kappa shape index (κ2) is 8.29. The number of likely N-dealkylation sites (tertiary alicyclic amines) is 1. The Labute approximate surface area is 174 Å².